The molecule has 9 heteroatoms. The number of aromatic nitrogens is 2. The molecular weight excluding hydrogens is 359 g/mol. The Balaban J connectivity index is 1.85. The summed E-state index contributed by atoms with van der Waals surface area (Å²) in [4.78, 5) is 33.5. The van der Waals surface area contributed by atoms with Crippen LogP contribution in [0, 0.1) is 12.7 Å². The Kier molecular flexibility index (Phi) is 5.08. The number of esters is 1. The summed E-state index contributed by atoms with van der Waals surface area (Å²) in [6, 6.07) is 5.14. The molecule has 2 aromatic heterocycles. The number of hydrogen-bond donors (Lipinski definition) is 2. The second kappa shape index (κ2) is 7.44. The zero-order chi connectivity index (χ0) is 18.7. The monoisotopic (exact) mass is 374 g/mol. The lowest BCUT2D eigenvalue weighted by Crippen LogP contribution is -2.29. The first-order chi connectivity index (χ1) is 12.5. The van der Waals surface area contributed by atoms with E-state index >= 15 is 0 Å². The second-order valence-corrected chi connectivity index (χ2v) is 6.26. The number of aryl methyl sites for hydroxylation is 1. The highest BCUT2D eigenvalue weighted by Gasteiger charge is 2.20. The normalized spacial score (nSPS) is 10.6. The number of nitrogens with one attached hydrogen (secondary N) is 2. The minimum atomic E-state index is -0.449. The van der Waals surface area contributed by atoms with Crippen molar-refractivity contribution in [3.63, 3.8) is 0 Å². The molecule has 1 amide bonds. The van der Waals surface area contributed by atoms with Crippen molar-refractivity contribution in [1.82, 2.24) is 15.4 Å². The van der Waals surface area contributed by atoms with E-state index in [2.05, 4.69) is 20.8 Å². The standard InChI is InChI=1S/C17H15FN4O3S/c1-3-25-17(24)13-9(2)12-14(19-8-20-16(12)26-13)21-22-15(23)10-4-6-11(18)7-5-10/h4-8H,3H2,1-2H3,(H,22,23)(H,19,20,21). The first-order valence-electron chi connectivity index (χ1n) is 7.74. The molecule has 2 heterocycles. The predicted octanol–water partition coefficient (Wildman–Crippen LogP) is 3.07. The fourth-order valence-electron chi connectivity index (χ4n) is 2.35. The van der Waals surface area contributed by atoms with E-state index in [-0.39, 0.29) is 6.61 Å². The Morgan fingerprint density at radius 3 is 2.65 bits per heavy atom. The molecule has 0 bridgehead atoms. The summed E-state index contributed by atoms with van der Waals surface area (Å²) in [5.41, 5.74) is 6.20. The van der Waals surface area contributed by atoms with Gasteiger partial charge in [-0.05, 0) is 43.7 Å². The number of anilines is 1. The zero-order valence-electron chi connectivity index (χ0n) is 14.0. The molecule has 0 saturated heterocycles. The predicted molar refractivity (Wildman–Crippen MR) is 95.6 cm³/mol. The van der Waals surface area contributed by atoms with Crippen LogP contribution in [0.5, 0.6) is 0 Å². The van der Waals surface area contributed by atoms with Crippen LogP contribution < -0.4 is 10.9 Å². The van der Waals surface area contributed by atoms with Crippen LogP contribution >= 0.6 is 11.3 Å². The Bertz CT molecular complexity index is 972. The van der Waals surface area contributed by atoms with Crippen molar-refractivity contribution >= 4 is 39.2 Å². The third-order valence-corrected chi connectivity index (χ3v) is 4.77. The van der Waals surface area contributed by atoms with Crippen LogP contribution in [0.4, 0.5) is 10.2 Å². The largest absolute Gasteiger partial charge is 0.462 e. The third-order valence-electron chi connectivity index (χ3n) is 3.59. The van der Waals surface area contributed by atoms with Gasteiger partial charge in [0.15, 0.2) is 5.82 Å². The van der Waals surface area contributed by atoms with Crippen molar-refractivity contribution in [2.45, 2.75) is 13.8 Å². The van der Waals surface area contributed by atoms with Gasteiger partial charge in [0.2, 0.25) is 0 Å². The number of benzene rings is 1. The second-order valence-electron chi connectivity index (χ2n) is 5.27. The lowest BCUT2D eigenvalue weighted by atomic mass is 10.2. The summed E-state index contributed by atoms with van der Waals surface area (Å²) in [6.07, 6.45) is 1.33. The molecule has 0 fully saturated rings. The molecule has 0 saturated carbocycles. The van der Waals surface area contributed by atoms with Crippen molar-refractivity contribution in [2.24, 2.45) is 0 Å². The van der Waals surface area contributed by atoms with Gasteiger partial charge in [-0.3, -0.25) is 15.6 Å². The number of hydrogen-bond acceptors (Lipinski definition) is 7. The molecule has 2 N–H and O–H groups in total. The Morgan fingerprint density at radius 1 is 1.23 bits per heavy atom. The maximum Gasteiger partial charge on any atom is 0.348 e. The molecule has 134 valence electrons. The third kappa shape index (κ3) is 3.47. The molecule has 7 nitrogen and oxygen atoms in total. The highest BCUT2D eigenvalue weighted by molar-refractivity contribution is 7.20. The van der Waals surface area contributed by atoms with Crippen molar-refractivity contribution < 1.29 is 18.7 Å². The minimum Gasteiger partial charge on any atom is -0.462 e. The number of nitrogens with zero attached hydrogens (tertiary/aromatic N) is 2. The number of ether oxygens (including phenoxy) is 1. The summed E-state index contributed by atoms with van der Waals surface area (Å²) in [7, 11) is 0. The van der Waals surface area contributed by atoms with Gasteiger partial charge in [-0.25, -0.2) is 19.2 Å². The maximum atomic E-state index is 12.9. The zero-order valence-corrected chi connectivity index (χ0v) is 14.8. The molecule has 0 atom stereocenters. The number of rotatable bonds is 5. The van der Waals surface area contributed by atoms with Gasteiger partial charge < -0.3 is 4.74 Å². The van der Waals surface area contributed by atoms with Crippen molar-refractivity contribution in [2.75, 3.05) is 12.0 Å². The smallest absolute Gasteiger partial charge is 0.348 e. The van der Waals surface area contributed by atoms with Crippen LogP contribution in [0.2, 0.25) is 0 Å². The Hall–Kier alpha value is -3.07. The number of halogens is 1. The highest BCUT2D eigenvalue weighted by Crippen LogP contribution is 2.33. The molecule has 0 unspecified atom stereocenters. The van der Waals surface area contributed by atoms with Crippen LogP contribution in [0.15, 0.2) is 30.6 Å². The van der Waals surface area contributed by atoms with Crippen LogP contribution in [0.25, 0.3) is 10.2 Å². The van der Waals surface area contributed by atoms with E-state index in [4.69, 9.17) is 4.74 Å². The van der Waals surface area contributed by atoms with E-state index in [1.165, 1.54) is 41.9 Å². The van der Waals surface area contributed by atoms with E-state index in [0.29, 0.717) is 32.0 Å². The molecule has 0 aliphatic heterocycles. The van der Waals surface area contributed by atoms with E-state index in [0.717, 1.165) is 0 Å². The van der Waals surface area contributed by atoms with Gasteiger partial charge >= 0.3 is 5.97 Å². The van der Waals surface area contributed by atoms with Crippen molar-refractivity contribution in [1.29, 1.82) is 0 Å². The number of amides is 1. The Labute approximate surface area is 152 Å². The van der Waals surface area contributed by atoms with Gasteiger partial charge in [-0.15, -0.1) is 11.3 Å². The fourth-order valence-corrected chi connectivity index (χ4v) is 3.39. The average molecular weight is 374 g/mol. The molecular formula is C17H15FN4O3S. The lowest BCUT2D eigenvalue weighted by molar-refractivity contribution is 0.0531. The lowest BCUT2D eigenvalue weighted by Gasteiger charge is -2.09. The van der Waals surface area contributed by atoms with Gasteiger partial charge in [0, 0.05) is 5.56 Å². The van der Waals surface area contributed by atoms with Crippen LogP contribution in [0.1, 0.15) is 32.5 Å². The van der Waals surface area contributed by atoms with E-state index in [9.17, 15) is 14.0 Å². The van der Waals surface area contributed by atoms with Gasteiger partial charge in [0.1, 0.15) is 21.9 Å². The molecule has 26 heavy (non-hydrogen) atoms. The molecule has 0 spiro atoms. The van der Waals surface area contributed by atoms with Crippen molar-refractivity contribution in [3.05, 3.63) is 52.4 Å². The number of hydrazine groups is 1. The topological polar surface area (TPSA) is 93.2 Å². The number of thiophene rings is 1. The van der Waals surface area contributed by atoms with Gasteiger partial charge in [-0.1, -0.05) is 0 Å². The summed E-state index contributed by atoms with van der Waals surface area (Å²) in [5.74, 6) is -0.938. The van der Waals surface area contributed by atoms with Gasteiger partial charge in [-0.2, -0.15) is 0 Å². The van der Waals surface area contributed by atoms with Gasteiger partial charge in [0.25, 0.3) is 5.91 Å². The number of carbonyl (C=O) groups is 2. The molecule has 3 aromatic rings. The average Bonchev–Trinajstić information content (AvgIpc) is 2.98. The van der Waals surface area contributed by atoms with Crippen LogP contribution in [0.3, 0.4) is 0 Å². The first kappa shape index (κ1) is 17.7. The molecule has 3 rings (SSSR count). The summed E-state index contributed by atoms with van der Waals surface area (Å²) < 4.78 is 18.0. The van der Waals surface area contributed by atoms with Crippen molar-refractivity contribution in [3.8, 4) is 0 Å². The first-order valence-corrected chi connectivity index (χ1v) is 8.56. The van der Waals surface area contributed by atoms with E-state index < -0.39 is 17.7 Å². The van der Waals surface area contributed by atoms with E-state index in [1.807, 2.05) is 0 Å². The summed E-state index contributed by atoms with van der Waals surface area (Å²) in [6.45, 7) is 3.77. The SMILES string of the molecule is CCOC(=O)c1sc2ncnc(NNC(=O)c3ccc(F)cc3)c2c1C. The summed E-state index contributed by atoms with van der Waals surface area (Å²) in [5, 5.41) is 0.625. The molecule has 1 aromatic carbocycles. The maximum absolute atomic E-state index is 12.9. The number of carbonyl (C=O) groups excluding carboxylic acids is 2. The minimum absolute atomic E-state index is 0.275. The van der Waals surface area contributed by atoms with Crippen LogP contribution in [-0.4, -0.2) is 28.5 Å². The summed E-state index contributed by atoms with van der Waals surface area (Å²) >= 11 is 1.20. The van der Waals surface area contributed by atoms with Gasteiger partial charge in [0.05, 0.1) is 12.0 Å². The van der Waals surface area contributed by atoms with E-state index in [1.54, 1.807) is 13.8 Å². The number of fused-ring (bicyclic) bond motifs is 1. The molecule has 0 radical (unpaired) electrons. The molecule has 0 aliphatic rings. The quantitative estimate of drug-likeness (QED) is 0.527. The Morgan fingerprint density at radius 2 is 1.96 bits per heavy atom. The highest BCUT2D eigenvalue weighted by atomic mass is 32.1. The molecule has 0 aliphatic carbocycles. The van der Waals surface area contributed by atoms with Crippen LogP contribution in [-0.2, 0) is 4.74 Å². The fraction of sp³-hybridized carbons (Fsp3) is 0.176.